The van der Waals surface area contributed by atoms with Crippen molar-refractivity contribution >= 4 is 0 Å². The molecular weight excluding hydrogens is 246 g/mol. The van der Waals surface area contributed by atoms with Gasteiger partial charge in [0.1, 0.15) is 0 Å². The van der Waals surface area contributed by atoms with E-state index in [0.717, 1.165) is 37.1 Å². The molecule has 118 valence electrons. The van der Waals surface area contributed by atoms with E-state index in [1.807, 2.05) is 0 Å². The summed E-state index contributed by atoms with van der Waals surface area (Å²) >= 11 is 0. The topological polar surface area (TPSA) is 32.3 Å². The molecule has 0 aromatic carbocycles. The number of nitrogens with one attached hydrogen (secondary N) is 1. The summed E-state index contributed by atoms with van der Waals surface area (Å²) in [5.41, 5.74) is -0.426. The van der Waals surface area contributed by atoms with Gasteiger partial charge in [-0.05, 0) is 56.3 Å². The zero-order valence-corrected chi connectivity index (χ0v) is 13.8. The molecule has 0 aromatic rings. The summed E-state index contributed by atoms with van der Waals surface area (Å²) in [7, 11) is 0. The van der Waals surface area contributed by atoms with Crippen molar-refractivity contribution in [3.8, 4) is 0 Å². The fourth-order valence-electron chi connectivity index (χ4n) is 4.33. The molecule has 2 heteroatoms. The second kappa shape index (κ2) is 7.26. The zero-order valence-electron chi connectivity index (χ0n) is 13.8. The van der Waals surface area contributed by atoms with Gasteiger partial charge in [0.2, 0.25) is 0 Å². The highest BCUT2D eigenvalue weighted by Gasteiger charge is 2.34. The smallest absolute Gasteiger partial charge is 0.0771 e. The molecule has 0 spiro atoms. The molecule has 2 atom stereocenters. The zero-order chi connectivity index (χ0) is 14.6. The van der Waals surface area contributed by atoms with Crippen LogP contribution in [0.25, 0.3) is 0 Å². The Morgan fingerprint density at radius 2 is 1.75 bits per heavy atom. The fraction of sp³-hybridized carbons (Fsp3) is 1.00. The van der Waals surface area contributed by atoms with Gasteiger partial charge in [-0.1, -0.05) is 40.0 Å². The Bertz CT molecular complexity index is 281. The molecule has 0 amide bonds. The Morgan fingerprint density at radius 3 is 2.35 bits per heavy atom. The van der Waals surface area contributed by atoms with Gasteiger partial charge in [-0.3, -0.25) is 0 Å². The highest BCUT2D eigenvalue weighted by Crippen LogP contribution is 2.35. The minimum atomic E-state index is -0.426. The van der Waals surface area contributed by atoms with Crippen LogP contribution >= 0.6 is 0 Å². The van der Waals surface area contributed by atoms with E-state index in [0.29, 0.717) is 6.04 Å². The van der Waals surface area contributed by atoms with Crippen LogP contribution < -0.4 is 5.32 Å². The number of hydrogen-bond donors (Lipinski definition) is 2. The maximum Gasteiger partial charge on any atom is 0.0771 e. The van der Waals surface area contributed by atoms with E-state index in [1.165, 1.54) is 44.9 Å². The SMILES string of the molecule is CCC1CCC(O)(CNC2CCCCC2C(C)C)CC1. The van der Waals surface area contributed by atoms with Crippen LogP contribution in [0.15, 0.2) is 0 Å². The second-order valence-corrected chi connectivity index (χ2v) is 7.76. The first kappa shape index (κ1) is 16.3. The van der Waals surface area contributed by atoms with E-state index in [1.54, 1.807) is 0 Å². The molecule has 0 saturated heterocycles. The molecule has 2 saturated carbocycles. The largest absolute Gasteiger partial charge is 0.389 e. The predicted octanol–water partition coefficient (Wildman–Crippen LogP) is 4.12. The normalized spacial score (nSPS) is 39.1. The lowest BCUT2D eigenvalue weighted by atomic mass is 9.76. The van der Waals surface area contributed by atoms with E-state index in [4.69, 9.17) is 0 Å². The summed E-state index contributed by atoms with van der Waals surface area (Å²) in [6.45, 7) is 7.80. The quantitative estimate of drug-likeness (QED) is 0.794. The first-order chi connectivity index (χ1) is 9.54. The summed E-state index contributed by atoms with van der Waals surface area (Å²) in [6, 6.07) is 0.636. The first-order valence-electron chi connectivity index (χ1n) is 9.00. The lowest BCUT2D eigenvalue weighted by Crippen LogP contribution is -2.50. The van der Waals surface area contributed by atoms with Gasteiger partial charge in [-0.2, -0.15) is 0 Å². The molecule has 0 aromatic heterocycles. The van der Waals surface area contributed by atoms with Crippen LogP contribution in [0, 0.1) is 17.8 Å². The molecule has 2 fully saturated rings. The van der Waals surface area contributed by atoms with Gasteiger partial charge in [-0.15, -0.1) is 0 Å². The lowest BCUT2D eigenvalue weighted by molar-refractivity contribution is -0.0141. The molecule has 0 bridgehead atoms. The molecule has 2 aliphatic rings. The Morgan fingerprint density at radius 1 is 1.10 bits per heavy atom. The van der Waals surface area contributed by atoms with Gasteiger partial charge in [-0.25, -0.2) is 0 Å². The Labute approximate surface area is 125 Å². The third-order valence-corrected chi connectivity index (χ3v) is 5.98. The van der Waals surface area contributed by atoms with E-state index in [2.05, 4.69) is 26.1 Å². The monoisotopic (exact) mass is 281 g/mol. The van der Waals surface area contributed by atoms with Crippen LogP contribution in [0.3, 0.4) is 0 Å². The van der Waals surface area contributed by atoms with Crippen molar-refractivity contribution in [2.24, 2.45) is 17.8 Å². The van der Waals surface area contributed by atoms with Gasteiger partial charge in [0, 0.05) is 12.6 Å². The van der Waals surface area contributed by atoms with Crippen LogP contribution in [-0.2, 0) is 0 Å². The van der Waals surface area contributed by atoms with Crippen molar-refractivity contribution in [2.75, 3.05) is 6.54 Å². The molecule has 20 heavy (non-hydrogen) atoms. The first-order valence-corrected chi connectivity index (χ1v) is 9.00. The molecule has 0 aliphatic heterocycles. The molecule has 2 rings (SSSR count). The van der Waals surface area contributed by atoms with Gasteiger partial charge in [0.25, 0.3) is 0 Å². The molecule has 0 radical (unpaired) electrons. The van der Waals surface area contributed by atoms with Crippen LogP contribution in [-0.4, -0.2) is 23.3 Å². The van der Waals surface area contributed by atoms with Crippen LogP contribution in [0.2, 0.25) is 0 Å². The van der Waals surface area contributed by atoms with Crippen molar-refractivity contribution < 1.29 is 5.11 Å². The Balaban J connectivity index is 1.81. The fourth-order valence-corrected chi connectivity index (χ4v) is 4.33. The van der Waals surface area contributed by atoms with Crippen molar-refractivity contribution in [1.82, 2.24) is 5.32 Å². The minimum Gasteiger partial charge on any atom is -0.389 e. The van der Waals surface area contributed by atoms with Crippen LogP contribution in [0.5, 0.6) is 0 Å². The standard InChI is InChI=1S/C18H35NO/c1-4-15-9-11-18(20,12-10-15)13-19-17-8-6-5-7-16(17)14(2)3/h14-17,19-20H,4-13H2,1-3H3. The third-order valence-electron chi connectivity index (χ3n) is 5.98. The number of hydrogen-bond acceptors (Lipinski definition) is 2. The van der Waals surface area contributed by atoms with Crippen molar-refractivity contribution in [1.29, 1.82) is 0 Å². The summed E-state index contributed by atoms with van der Waals surface area (Å²) in [4.78, 5) is 0. The Hall–Kier alpha value is -0.0800. The van der Waals surface area contributed by atoms with E-state index in [-0.39, 0.29) is 0 Å². The Kier molecular flexibility index (Phi) is 5.92. The molecule has 2 unspecified atom stereocenters. The summed E-state index contributed by atoms with van der Waals surface area (Å²) in [5, 5.41) is 14.5. The van der Waals surface area contributed by atoms with Gasteiger partial charge in [0.05, 0.1) is 5.60 Å². The summed E-state index contributed by atoms with van der Waals surface area (Å²) in [5.74, 6) is 2.42. The maximum atomic E-state index is 10.8. The van der Waals surface area contributed by atoms with Crippen LogP contribution in [0.4, 0.5) is 0 Å². The average Bonchev–Trinajstić information content (AvgIpc) is 2.46. The third kappa shape index (κ3) is 4.21. The second-order valence-electron chi connectivity index (χ2n) is 7.76. The molecular formula is C18H35NO. The minimum absolute atomic E-state index is 0.426. The van der Waals surface area contributed by atoms with Crippen molar-refractivity contribution in [3.05, 3.63) is 0 Å². The average molecular weight is 281 g/mol. The van der Waals surface area contributed by atoms with E-state index < -0.39 is 5.60 Å². The van der Waals surface area contributed by atoms with Gasteiger partial charge in [0.15, 0.2) is 0 Å². The van der Waals surface area contributed by atoms with Crippen LogP contribution in [0.1, 0.15) is 78.6 Å². The predicted molar refractivity (Wildman–Crippen MR) is 85.8 cm³/mol. The molecule has 2 aliphatic carbocycles. The summed E-state index contributed by atoms with van der Waals surface area (Å²) < 4.78 is 0. The van der Waals surface area contributed by atoms with Gasteiger partial charge < -0.3 is 10.4 Å². The maximum absolute atomic E-state index is 10.8. The van der Waals surface area contributed by atoms with Crippen molar-refractivity contribution in [3.63, 3.8) is 0 Å². The highest BCUT2D eigenvalue weighted by atomic mass is 16.3. The molecule has 2 N–H and O–H groups in total. The number of rotatable bonds is 5. The highest BCUT2D eigenvalue weighted by molar-refractivity contribution is 4.90. The van der Waals surface area contributed by atoms with Gasteiger partial charge >= 0.3 is 0 Å². The number of aliphatic hydroxyl groups is 1. The van der Waals surface area contributed by atoms with Crippen molar-refractivity contribution in [2.45, 2.75) is 90.2 Å². The molecule has 2 nitrogen and oxygen atoms in total. The van der Waals surface area contributed by atoms with E-state index in [9.17, 15) is 5.11 Å². The van der Waals surface area contributed by atoms with E-state index >= 15 is 0 Å². The summed E-state index contributed by atoms with van der Waals surface area (Å²) in [6.07, 6.45) is 11.1. The lowest BCUT2D eigenvalue weighted by Gasteiger charge is -2.40. The molecule has 0 heterocycles.